The van der Waals surface area contributed by atoms with Crippen molar-refractivity contribution >= 4 is 0 Å². The highest BCUT2D eigenvalue weighted by atomic mass is 16.6. The Labute approximate surface area is 108 Å². The number of aliphatic hydroxyl groups excluding tert-OH is 2. The molecule has 0 aliphatic carbocycles. The Hall–Kier alpha value is -1.48. The largest absolute Gasteiger partial charge is 0.394 e. The summed E-state index contributed by atoms with van der Waals surface area (Å²) in [6.07, 6.45) is -0.599. The van der Waals surface area contributed by atoms with Crippen molar-refractivity contribution in [2.45, 2.75) is 31.9 Å². The maximum Gasteiger partial charge on any atom is 0.331 e. The van der Waals surface area contributed by atoms with Gasteiger partial charge in [0, 0.05) is 17.7 Å². The van der Waals surface area contributed by atoms with E-state index in [2.05, 4.69) is 4.98 Å². The van der Waals surface area contributed by atoms with E-state index in [0.717, 1.165) is 4.57 Å². The molecule has 1 fully saturated rings. The van der Waals surface area contributed by atoms with E-state index in [1.165, 1.54) is 13.1 Å². The van der Waals surface area contributed by atoms with Gasteiger partial charge in [0.1, 0.15) is 6.10 Å². The molecule has 19 heavy (non-hydrogen) atoms. The molecule has 1 aromatic heterocycles. The monoisotopic (exact) mass is 271 g/mol. The molecule has 1 aromatic rings. The van der Waals surface area contributed by atoms with Gasteiger partial charge in [0.15, 0.2) is 0 Å². The number of nitrogens with zero attached hydrogens (tertiary/aromatic N) is 1. The molecular weight excluding hydrogens is 254 g/mol. The predicted octanol–water partition coefficient (Wildman–Crippen LogP) is -2.20. The number of nitrogens with two attached hydrogens (primary N) is 1. The summed E-state index contributed by atoms with van der Waals surface area (Å²) in [5.41, 5.74) is 5.11. The van der Waals surface area contributed by atoms with Gasteiger partial charge in [0.05, 0.1) is 12.7 Å². The van der Waals surface area contributed by atoms with Crippen molar-refractivity contribution < 1.29 is 14.9 Å². The van der Waals surface area contributed by atoms with Crippen LogP contribution in [0.2, 0.25) is 0 Å². The molecule has 1 aliphatic heterocycles. The maximum absolute atomic E-state index is 11.8. The van der Waals surface area contributed by atoms with E-state index in [4.69, 9.17) is 15.6 Å². The van der Waals surface area contributed by atoms with Crippen LogP contribution in [0.25, 0.3) is 0 Å². The highest BCUT2D eigenvalue weighted by Crippen LogP contribution is 2.35. The van der Waals surface area contributed by atoms with E-state index < -0.39 is 41.8 Å². The summed E-state index contributed by atoms with van der Waals surface area (Å²) in [6, 6.07) is 0. The van der Waals surface area contributed by atoms with Crippen molar-refractivity contribution in [3.63, 3.8) is 0 Å². The molecular formula is C11H17N3O5. The van der Waals surface area contributed by atoms with Crippen molar-refractivity contribution in [1.82, 2.24) is 9.55 Å². The summed E-state index contributed by atoms with van der Waals surface area (Å²) >= 11 is 0. The van der Waals surface area contributed by atoms with Gasteiger partial charge in [-0.25, -0.2) is 4.79 Å². The molecule has 1 aliphatic rings. The minimum absolute atomic E-state index is 0.294. The second-order valence-corrected chi connectivity index (χ2v) is 4.81. The number of H-pyrrole nitrogens is 1. The van der Waals surface area contributed by atoms with Gasteiger partial charge < -0.3 is 14.9 Å². The van der Waals surface area contributed by atoms with Crippen molar-refractivity contribution in [2.75, 3.05) is 6.61 Å². The fourth-order valence-electron chi connectivity index (χ4n) is 2.23. The minimum atomic E-state index is -1.61. The lowest BCUT2D eigenvalue weighted by Crippen LogP contribution is -2.54. The lowest BCUT2D eigenvalue weighted by Gasteiger charge is -2.30. The van der Waals surface area contributed by atoms with E-state index in [1.54, 1.807) is 6.92 Å². The maximum atomic E-state index is 11.8. The topological polar surface area (TPSA) is 131 Å². The second kappa shape index (κ2) is 4.57. The zero-order chi connectivity index (χ0) is 14.4. The molecule has 0 bridgehead atoms. The molecule has 2 heterocycles. The second-order valence-electron chi connectivity index (χ2n) is 4.81. The summed E-state index contributed by atoms with van der Waals surface area (Å²) in [7, 11) is 0. The molecule has 1 unspecified atom stereocenters. The van der Waals surface area contributed by atoms with Gasteiger partial charge in [-0.2, -0.15) is 0 Å². The zero-order valence-electron chi connectivity index (χ0n) is 10.7. The van der Waals surface area contributed by atoms with Crippen LogP contribution in [0.3, 0.4) is 0 Å². The van der Waals surface area contributed by atoms with Gasteiger partial charge in [0.25, 0.3) is 5.56 Å². The molecule has 4 atom stereocenters. The summed E-state index contributed by atoms with van der Waals surface area (Å²) in [6.45, 7) is 2.71. The van der Waals surface area contributed by atoms with E-state index in [-0.39, 0.29) is 0 Å². The summed E-state index contributed by atoms with van der Waals surface area (Å²) < 4.78 is 6.44. The van der Waals surface area contributed by atoms with Crippen molar-refractivity contribution in [3.8, 4) is 0 Å². The minimum Gasteiger partial charge on any atom is -0.394 e. The van der Waals surface area contributed by atoms with E-state index in [9.17, 15) is 14.7 Å². The lowest BCUT2D eigenvalue weighted by atomic mass is 9.99. The number of rotatable bonds is 2. The first-order valence-electron chi connectivity index (χ1n) is 5.90. The van der Waals surface area contributed by atoms with Crippen LogP contribution in [-0.2, 0) is 10.6 Å². The normalized spacial score (nSPS) is 34.7. The first kappa shape index (κ1) is 13.9. The summed E-state index contributed by atoms with van der Waals surface area (Å²) in [4.78, 5) is 25.3. The predicted molar refractivity (Wildman–Crippen MR) is 65.4 cm³/mol. The van der Waals surface area contributed by atoms with Gasteiger partial charge in [0.2, 0.25) is 5.85 Å². The van der Waals surface area contributed by atoms with Crippen LogP contribution in [-0.4, -0.2) is 38.6 Å². The Kier molecular flexibility index (Phi) is 3.35. The van der Waals surface area contributed by atoms with Gasteiger partial charge >= 0.3 is 5.69 Å². The number of aliphatic hydroxyl groups is 2. The fourth-order valence-corrected chi connectivity index (χ4v) is 2.23. The number of hydrogen-bond acceptors (Lipinski definition) is 6. The van der Waals surface area contributed by atoms with Crippen molar-refractivity contribution in [3.05, 3.63) is 32.6 Å². The van der Waals surface area contributed by atoms with Gasteiger partial charge in [-0.1, -0.05) is 6.92 Å². The molecule has 0 spiro atoms. The Balaban J connectivity index is 2.55. The molecule has 1 saturated heterocycles. The Morgan fingerprint density at radius 2 is 2.21 bits per heavy atom. The molecule has 0 saturated carbocycles. The molecule has 106 valence electrons. The standard InChI is InChI=1S/C11H17N3O5/c1-5-3-14(10(18)13-9(5)17)11(12)6(2)8(16)7(4-15)19-11/h3,6-8,15-16H,4,12H2,1-2H3,(H,13,17,18)/t6?,7-,8+,11+/m1/s1. The quantitative estimate of drug-likeness (QED) is 0.483. The SMILES string of the molecule is Cc1cn([C@]2(N)O[C@H](CO)[C@@H](O)C2C)c(=O)[nH]c1=O. The third kappa shape index (κ3) is 2.02. The Morgan fingerprint density at radius 1 is 1.58 bits per heavy atom. The van der Waals surface area contributed by atoms with E-state index in [1.807, 2.05) is 0 Å². The first-order chi connectivity index (χ1) is 8.81. The number of aromatic nitrogens is 2. The lowest BCUT2D eigenvalue weighted by molar-refractivity contribution is -0.127. The van der Waals surface area contributed by atoms with Gasteiger partial charge in [-0.3, -0.25) is 20.1 Å². The number of hydrogen-bond donors (Lipinski definition) is 4. The first-order valence-corrected chi connectivity index (χ1v) is 5.90. The smallest absolute Gasteiger partial charge is 0.331 e. The molecule has 0 amide bonds. The highest BCUT2D eigenvalue weighted by Gasteiger charge is 2.51. The van der Waals surface area contributed by atoms with Crippen LogP contribution < -0.4 is 17.0 Å². The molecule has 8 heteroatoms. The summed E-state index contributed by atoms with van der Waals surface area (Å²) in [5, 5.41) is 19.0. The number of aryl methyl sites for hydroxylation is 1. The third-order valence-corrected chi connectivity index (χ3v) is 3.56. The molecule has 8 nitrogen and oxygen atoms in total. The average molecular weight is 271 g/mol. The van der Waals surface area contributed by atoms with Crippen molar-refractivity contribution in [2.24, 2.45) is 11.7 Å². The van der Waals surface area contributed by atoms with E-state index in [0.29, 0.717) is 5.56 Å². The Morgan fingerprint density at radius 3 is 2.74 bits per heavy atom. The number of aromatic amines is 1. The number of nitrogens with one attached hydrogen (secondary N) is 1. The van der Waals surface area contributed by atoms with Crippen molar-refractivity contribution in [1.29, 1.82) is 0 Å². The van der Waals surface area contributed by atoms with Crippen LogP contribution >= 0.6 is 0 Å². The van der Waals surface area contributed by atoms with Gasteiger partial charge in [-0.15, -0.1) is 0 Å². The highest BCUT2D eigenvalue weighted by molar-refractivity contribution is 5.04. The van der Waals surface area contributed by atoms with Gasteiger partial charge in [-0.05, 0) is 6.92 Å². The van der Waals surface area contributed by atoms with Crippen LogP contribution in [0.5, 0.6) is 0 Å². The molecule has 2 rings (SSSR count). The van der Waals surface area contributed by atoms with Crippen LogP contribution in [0.15, 0.2) is 15.8 Å². The van der Waals surface area contributed by atoms with Crippen LogP contribution in [0.1, 0.15) is 12.5 Å². The van der Waals surface area contributed by atoms with Crippen LogP contribution in [0, 0.1) is 12.8 Å². The van der Waals surface area contributed by atoms with Crippen LogP contribution in [0.4, 0.5) is 0 Å². The zero-order valence-corrected chi connectivity index (χ0v) is 10.7. The third-order valence-electron chi connectivity index (χ3n) is 3.56. The average Bonchev–Trinajstić information content (AvgIpc) is 2.59. The van der Waals surface area contributed by atoms with E-state index >= 15 is 0 Å². The molecule has 0 radical (unpaired) electrons. The fraction of sp³-hybridized carbons (Fsp3) is 0.636. The number of ether oxygens (including phenoxy) is 1. The summed E-state index contributed by atoms with van der Waals surface area (Å²) in [5.74, 6) is -2.24. The molecule has 5 N–H and O–H groups in total. The Bertz CT molecular complexity index is 595. The molecule has 0 aromatic carbocycles.